The zero-order chi connectivity index (χ0) is 11.0. The Kier molecular flexibility index (Phi) is 2.49. The molecule has 0 unspecified atom stereocenters. The molecule has 3 rings (SSSR count). The Balaban J connectivity index is 1.73. The summed E-state index contributed by atoms with van der Waals surface area (Å²) in [5, 5.41) is 10.2. The highest BCUT2D eigenvalue weighted by Gasteiger charge is 2.18. The van der Waals surface area contributed by atoms with Crippen molar-refractivity contribution in [1.29, 1.82) is 0 Å². The van der Waals surface area contributed by atoms with Crippen molar-refractivity contribution in [2.75, 3.05) is 6.54 Å². The summed E-state index contributed by atoms with van der Waals surface area (Å²) in [6, 6.07) is 2.24. The normalized spacial score (nSPS) is 16.3. The van der Waals surface area contributed by atoms with Crippen molar-refractivity contribution in [2.24, 2.45) is 7.05 Å². The SMILES string of the molecule is Cn1cnnc1CN1CCc2sccc2C1. The van der Waals surface area contributed by atoms with E-state index in [0.717, 1.165) is 25.5 Å². The lowest BCUT2D eigenvalue weighted by atomic mass is 10.1. The van der Waals surface area contributed by atoms with Gasteiger partial charge in [0.05, 0.1) is 6.54 Å². The van der Waals surface area contributed by atoms with Gasteiger partial charge in [-0.05, 0) is 23.4 Å². The van der Waals surface area contributed by atoms with Crippen molar-refractivity contribution < 1.29 is 0 Å². The minimum Gasteiger partial charge on any atom is -0.320 e. The van der Waals surface area contributed by atoms with E-state index in [-0.39, 0.29) is 0 Å². The average molecular weight is 234 g/mol. The van der Waals surface area contributed by atoms with Gasteiger partial charge >= 0.3 is 0 Å². The summed E-state index contributed by atoms with van der Waals surface area (Å²) in [6.45, 7) is 3.07. The molecule has 0 amide bonds. The standard InChI is InChI=1S/C11H14N4S/c1-14-8-12-13-11(14)7-15-4-2-10-9(6-15)3-5-16-10/h3,5,8H,2,4,6-7H2,1H3. The summed E-state index contributed by atoms with van der Waals surface area (Å²) < 4.78 is 1.99. The molecule has 2 aromatic rings. The molecule has 0 spiro atoms. The van der Waals surface area contributed by atoms with E-state index in [1.807, 2.05) is 23.0 Å². The molecule has 5 heteroatoms. The largest absolute Gasteiger partial charge is 0.320 e. The first-order valence-corrected chi connectivity index (χ1v) is 6.31. The van der Waals surface area contributed by atoms with Crippen LogP contribution in [-0.4, -0.2) is 26.2 Å². The van der Waals surface area contributed by atoms with Crippen LogP contribution in [0.5, 0.6) is 0 Å². The molecule has 0 aliphatic carbocycles. The van der Waals surface area contributed by atoms with Crippen molar-refractivity contribution >= 4 is 11.3 Å². The number of aryl methyl sites for hydroxylation is 1. The van der Waals surface area contributed by atoms with Gasteiger partial charge in [-0.25, -0.2) is 0 Å². The Labute approximate surface area is 98.5 Å². The van der Waals surface area contributed by atoms with Crippen LogP contribution in [0.4, 0.5) is 0 Å². The molecular weight excluding hydrogens is 220 g/mol. The first-order chi connectivity index (χ1) is 7.83. The Hall–Kier alpha value is -1.20. The van der Waals surface area contributed by atoms with E-state index < -0.39 is 0 Å². The second-order valence-corrected chi connectivity index (χ2v) is 5.19. The predicted molar refractivity (Wildman–Crippen MR) is 63.1 cm³/mol. The van der Waals surface area contributed by atoms with Crippen molar-refractivity contribution in [3.05, 3.63) is 34.0 Å². The Morgan fingerprint density at radius 2 is 2.44 bits per heavy atom. The molecule has 2 aromatic heterocycles. The minimum absolute atomic E-state index is 0.895. The maximum atomic E-state index is 4.13. The van der Waals surface area contributed by atoms with Crippen LogP contribution in [-0.2, 0) is 26.6 Å². The van der Waals surface area contributed by atoms with Gasteiger partial charge in [0.25, 0.3) is 0 Å². The van der Waals surface area contributed by atoms with Gasteiger partial charge in [0, 0.05) is 25.0 Å². The van der Waals surface area contributed by atoms with E-state index in [9.17, 15) is 0 Å². The summed E-state index contributed by atoms with van der Waals surface area (Å²) in [5.41, 5.74) is 1.48. The van der Waals surface area contributed by atoms with Crippen LogP contribution in [0.1, 0.15) is 16.3 Å². The maximum Gasteiger partial charge on any atom is 0.146 e. The lowest BCUT2D eigenvalue weighted by Gasteiger charge is -2.26. The highest BCUT2D eigenvalue weighted by atomic mass is 32.1. The van der Waals surface area contributed by atoms with Gasteiger partial charge in [0.1, 0.15) is 12.2 Å². The van der Waals surface area contributed by atoms with Gasteiger partial charge in [-0.1, -0.05) is 0 Å². The Morgan fingerprint density at radius 3 is 3.25 bits per heavy atom. The summed E-state index contributed by atoms with van der Waals surface area (Å²) in [5.74, 6) is 1.04. The van der Waals surface area contributed by atoms with E-state index in [4.69, 9.17) is 0 Å². The van der Waals surface area contributed by atoms with E-state index >= 15 is 0 Å². The highest BCUT2D eigenvalue weighted by Crippen LogP contribution is 2.24. The van der Waals surface area contributed by atoms with Gasteiger partial charge in [0.2, 0.25) is 0 Å². The van der Waals surface area contributed by atoms with Crippen molar-refractivity contribution in [3.63, 3.8) is 0 Å². The summed E-state index contributed by atoms with van der Waals surface area (Å²) in [7, 11) is 2.00. The molecule has 1 aliphatic heterocycles. The van der Waals surface area contributed by atoms with E-state index in [2.05, 4.69) is 26.5 Å². The number of fused-ring (bicyclic) bond motifs is 1. The number of aromatic nitrogens is 3. The quantitative estimate of drug-likeness (QED) is 0.788. The Bertz CT molecular complexity index is 488. The minimum atomic E-state index is 0.895. The molecule has 1 aliphatic rings. The van der Waals surface area contributed by atoms with E-state index in [1.165, 1.54) is 12.0 Å². The molecule has 0 saturated carbocycles. The molecular formula is C11H14N4S. The first-order valence-electron chi connectivity index (χ1n) is 5.43. The lowest BCUT2D eigenvalue weighted by Crippen LogP contribution is -2.30. The van der Waals surface area contributed by atoms with Crippen LogP contribution >= 0.6 is 11.3 Å². The molecule has 0 N–H and O–H groups in total. The molecule has 0 saturated heterocycles. The first kappa shape index (κ1) is 9.99. The summed E-state index contributed by atoms with van der Waals surface area (Å²) in [6.07, 6.45) is 2.93. The number of rotatable bonds is 2. The Morgan fingerprint density at radius 1 is 1.50 bits per heavy atom. The molecule has 84 valence electrons. The average Bonchev–Trinajstić information content (AvgIpc) is 2.88. The van der Waals surface area contributed by atoms with Crippen molar-refractivity contribution in [1.82, 2.24) is 19.7 Å². The van der Waals surface area contributed by atoms with Gasteiger partial charge in [-0.2, -0.15) is 0 Å². The molecule has 0 atom stereocenters. The molecule has 0 fully saturated rings. The topological polar surface area (TPSA) is 34.0 Å². The van der Waals surface area contributed by atoms with E-state index in [1.54, 1.807) is 11.2 Å². The van der Waals surface area contributed by atoms with Gasteiger partial charge in [-0.3, -0.25) is 4.90 Å². The second-order valence-electron chi connectivity index (χ2n) is 4.19. The van der Waals surface area contributed by atoms with Crippen LogP contribution in [0.15, 0.2) is 17.8 Å². The number of hydrogen-bond donors (Lipinski definition) is 0. The second kappa shape index (κ2) is 3.99. The van der Waals surface area contributed by atoms with Gasteiger partial charge in [-0.15, -0.1) is 21.5 Å². The summed E-state index contributed by atoms with van der Waals surface area (Å²) in [4.78, 5) is 3.98. The third-order valence-corrected chi connectivity index (χ3v) is 4.08. The maximum absolute atomic E-state index is 4.13. The van der Waals surface area contributed by atoms with Crippen LogP contribution in [0.25, 0.3) is 0 Å². The highest BCUT2D eigenvalue weighted by molar-refractivity contribution is 7.10. The number of nitrogens with zero attached hydrogens (tertiary/aromatic N) is 4. The monoisotopic (exact) mass is 234 g/mol. The number of hydrogen-bond acceptors (Lipinski definition) is 4. The molecule has 0 radical (unpaired) electrons. The third kappa shape index (κ3) is 1.76. The lowest BCUT2D eigenvalue weighted by molar-refractivity contribution is 0.238. The zero-order valence-corrected chi connectivity index (χ0v) is 10.1. The molecule has 0 aromatic carbocycles. The zero-order valence-electron chi connectivity index (χ0n) is 9.26. The van der Waals surface area contributed by atoms with Crippen LogP contribution in [0, 0.1) is 0 Å². The van der Waals surface area contributed by atoms with Crippen molar-refractivity contribution in [2.45, 2.75) is 19.5 Å². The smallest absolute Gasteiger partial charge is 0.146 e. The molecule has 16 heavy (non-hydrogen) atoms. The fourth-order valence-corrected chi connectivity index (χ4v) is 2.98. The predicted octanol–water partition coefficient (Wildman–Crippen LogP) is 1.43. The fourth-order valence-electron chi connectivity index (χ4n) is 2.09. The van der Waals surface area contributed by atoms with E-state index in [0.29, 0.717) is 0 Å². The van der Waals surface area contributed by atoms with Crippen LogP contribution in [0.3, 0.4) is 0 Å². The van der Waals surface area contributed by atoms with Crippen LogP contribution < -0.4 is 0 Å². The number of thiophene rings is 1. The van der Waals surface area contributed by atoms with Gasteiger partial charge in [0.15, 0.2) is 0 Å². The fraction of sp³-hybridized carbons (Fsp3) is 0.455. The van der Waals surface area contributed by atoms with Crippen LogP contribution in [0.2, 0.25) is 0 Å². The third-order valence-electron chi connectivity index (χ3n) is 3.06. The molecule has 4 nitrogen and oxygen atoms in total. The van der Waals surface area contributed by atoms with Crippen molar-refractivity contribution in [3.8, 4) is 0 Å². The molecule has 3 heterocycles. The van der Waals surface area contributed by atoms with Gasteiger partial charge < -0.3 is 4.57 Å². The summed E-state index contributed by atoms with van der Waals surface area (Å²) >= 11 is 1.88. The molecule has 0 bridgehead atoms.